The van der Waals surface area contributed by atoms with Crippen LogP contribution >= 0.6 is 22.9 Å². The summed E-state index contributed by atoms with van der Waals surface area (Å²) < 4.78 is 2.89. The number of carbonyl (C=O) groups excluding carboxylic acids is 2. The Labute approximate surface area is 206 Å². The zero-order chi connectivity index (χ0) is 24.4. The van der Waals surface area contributed by atoms with Gasteiger partial charge in [-0.3, -0.25) is 9.59 Å². The maximum Gasteiger partial charge on any atom is 0.251 e. The minimum atomic E-state index is -0.310. The summed E-state index contributed by atoms with van der Waals surface area (Å²) in [6, 6.07) is 11.0. The molecule has 0 bridgehead atoms. The topological polar surface area (TPSA) is 92.2 Å². The molecule has 0 radical (unpaired) electrons. The minimum absolute atomic E-state index is 0.0436. The van der Waals surface area contributed by atoms with Gasteiger partial charge in [-0.1, -0.05) is 36.3 Å². The second-order valence-corrected chi connectivity index (χ2v) is 9.75. The summed E-state index contributed by atoms with van der Waals surface area (Å²) >= 11 is 7.57. The molecule has 4 aromatic rings. The Hall–Kier alpha value is -3.17. The van der Waals surface area contributed by atoms with Gasteiger partial charge in [0.1, 0.15) is 0 Å². The van der Waals surface area contributed by atoms with Crippen molar-refractivity contribution in [1.82, 2.24) is 24.8 Å². The van der Waals surface area contributed by atoms with Crippen molar-refractivity contribution in [1.29, 1.82) is 0 Å². The monoisotopic (exact) mass is 498 g/mol. The lowest BCUT2D eigenvalue weighted by atomic mass is 10.1. The summed E-state index contributed by atoms with van der Waals surface area (Å²) in [4.78, 5) is 36.0. The molecular formula is C24H27ClN6O2S. The Balaban J connectivity index is 1.47. The van der Waals surface area contributed by atoms with E-state index in [-0.39, 0.29) is 24.4 Å². The van der Waals surface area contributed by atoms with Gasteiger partial charge in [-0.05, 0) is 49.7 Å². The number of fused-ring (bicyclic) bond motifs is 2. The maximum absolute atomic E-state index is 12.7. The van der Waals surface area contributed by atoms with Crippen LogP contribution in [0.3, 0.4) is 0 Å². The number of thiazole rings is 1. The molecule has 2 aromatic carbocycles. The number of amides is 2. The van der Waals surface area contributed by atoms with Crippen LogP contribution in [0.1, 0.15) is 37.0 Å². The van der Waals surface area contributed by atoms with Crippen molar-refractivity contribution in [3.63, 3.8) is 0 Å². The first-order valence-corrected chi connectivity index (χ1v) is 12.3. The van der Waals surface area contributed by atoms with Gasteiger partial charge < -0.3 is 20.1 Å². The summed E-state index contributed by atoms with van der Waals surface area (Å²) in [6.45, 7) is 4.05. The van der Waals surface area contributed by atoms with Crippen LogP contribution in [0.2, 0.25) is 5.02 Å². The van der Waals surface area contributed by atoms with E-state index >= 15 is 0 Å². The molecule has 0 aliphatic carbocycles. The molecule has 2 aromatic heterocycles. The summed E-state index contributed by atoms with van der Waals surface area (Å²) in [7, 11) is 3.66. The van der Waals surface area contributed by atoms with Crippen LogP contribution in [0.4, 0.5) is 11.1 Å². The number of likely N-dealkylation sites (N-methyl/N-ethyl adjacent to an activating group) is 1. The van der Waals surface area contributed by atoms with Crippen LogP contribution in [-0.4, -0.2) is 50.9 Å². The molecule has 0 saturated heterocycles. The second-order valence-electron chi connectivity index (χ2n) is 8.28. The number of benzene rings is 2. The van der Waals surface area contributed by atoms with Crippen LogP contribution < -0.4 is 10.6 Å². The first-order valence-electron chi connectivity index (χ1n) is 11.1. The van der Waals surface area contributed by atoms with Crippen molar-refractivity contribution < 1.29 is 9.59 Å². The van der Waals surface area contributed by atoms with Gasteiger partial charge in [0, 0.05) is 30.7 Å². The average Bonchev–Trinajstić information content (AvgIpc) is 3.36. The smallest absolute Gasteiger partial charge is 0.251 e. The van der Waals surface area contributed by atoms with Crippen LogP contribution in [-0.2, 0) is 11.8 Å². The molecule has 0 aliphatic rings. The van der Waals surface area contributed by atoms with E-state index in [0.717, 1.165) is 28.6 Å². The number of nitrogens with one attached hydrogen (secondary N) is 2. The molecule has 8 nitrogen and oxygen atoms in total. The van der Waals surface area contributed by atoms with Crippen molar-refractivity contribution in [2.45, 2.75) is 32.7 Å². The third-order valence-corrected chi connectivity index (χ3v) is 7.04. The zero-order valence-electron chi connectivity index (χ0n) is 19.6. The number of rotatable bonds is 8. The zero-order valence-corrected chi connectivity index (χ0v) is 21.1. The molecule has 178 valence electrons. The molecule has 2 N–H and O–H groups in total. The van der Waals surface area contributed by atoms with E-state index in [1.165, 1.54) is 11.3 Å². The molecule has 0 aliphatic heterocycles. The van der Waals surface area contributed by atoms with Gasteiger partial charge >= 0.3 is 0 Å². The molecule has 0 spiro atoms. The number of aromatic nitrogens is 3. The Morgan fingerprint density at radius 1 is 1.18 bits per heavy atom. The van der Waals surface area contributed by atoms with Crippen molar-refractivity contribution in [3.8, 4) is 0 Å². The van der Waals surface area contributed by atoms with Crippen molar-refractivity contribution >= 4 is 67.1 Å². The molecule has 1 atom stereocenters. The number of aryl methyl sites for hydroxylation is 1. The van der Waals surface area contributed by atoms with Crippen LogP contribution in [0.25, 0.3) is 21.3 Å². The van der Waals surface area contributed by atoms with Gasteiger partial charge in [-0.15, -0.1) is 0 Å². The number of halogens is 1. The standard InChI is InChI=1S/C24H27ClN6O2S/c1-5-6-14(2)30(3)21(32)13-26-22(33)15-7-10-19-18(11-15)27-23(31(19)4)29-24-28-17-9-8-16(25)12-20(17)34-24/h7-12,14H,5-6,13H2,1-4H3,(H,26,33)(H,27,28,29). The first-order chi connectivity index (χ1) is 16.3. The number of anilines is 2. The van der Waals surface area contributed by atoms with Crippen LogP contribution in [0.5, 0.6) is 0 Å². The Morgan fingerprint density at radius 3 is 2.74 bits per heavy atom. The van der Waals surface area contributed by atoms with E-state index in [1.807, 2.05) is 42.8 Å². The highest BCUT2D eigenvalue weighted by atomic mass is 35.5. The highest BCUT2D eigenvalue weighted by molar-refractivity contribution is 7.22. The van der Waals surface area contributed by atoms with Crippen LogP contribution in [0.15, 0.2) is 36.4 Å². The van der Waals surface area contributed by atoms with Gasteiger partial charge in [0.15, 0.2) is 5.13 Å². The SMILES string of the molecule is CCCC(C)N(C)C(=O)CNC(=O)c1ccc2c(c1)nc(Nc1nc3ccc(Cl)cc3s1)n2C. The molecule has 4 rings (SSSR count). The average molecular weight is 499 g/mol. The fraction of sp³-hybridized carbons (Fsp3) is 0.333. The highest BCUT2D eigenvalue weighted by Gasteiger charge is 2.17. The van der Waals surface area contributed by atoms with Gasteiger partial charge in [-0.2, -0.15) is 0 Å². The quantitative estimate of drug-likeness (QED) is 0.358. The van der Waals surface area contributed by atoms with Gasteiger partial charge in [0.25, 0.3) is 5.91 Å². The van der Waals surface area contributed by atoms with Gasteiger partial charge in [0.05, 0.1) is 27.8 Å². The van der Waals surface area contributed by atoms with E-state index in [4.69, 9.17) is 11.6 Å². The van der Waals surface area contributed by atoms with E-state index in [9.17, 15) is 9.59 Å². The molecule has 2 heterocycles. The van der Waals surface area contributed by atoms with Crippen molar-refractivity contribution in [2.24, 2.45) is 7.05 Å². The Kier molecular flexibility index (Phi) is 7.04. The number of hydrogen-bond donors (Lipinski definition) is 2. The predicted octanol–water partition coefficient (Wildman–Crippen LogP) is 4.96. The Morgan fingerprint density at radius 2 is 1.97 bits per heavy atom. The van der Waals surface area contributed by atoms with Gasteiger partial charge in [0.2, 0.25) is 11.9 Å². The largest absolute Gasteiger partial charge is 0.343 e. The van der Waals surface area contributed by atoms with E-state index < -0.39 is 0 Å². The molecular weight excluding hydrogens is 472 g/mol. The maximum atomic E-state index is 12.7. The molecule has 0 saturated carbocycles. The van der Waals surface area contributed by atoms with E-state index in [2.05, 4.69) is 27.5 Å². The summed E-state index contributed by atoms with van der Waals surface area (Å²) in [5.41, 5.74) is 2.84. The van der Waals surface area contributed by atoms with Gasteiger partial charge in [-0.25, -0.2) is 9.97 Å². The number of imidazole rings is 1. The molecule has 10 heteroatoms. The molecule has 2 amide bonds. The van der Waals surface area contributed by atoms with Crippen molar-refractivity contribution in [3.05, 3.63) is 47.0 Å². The number of hydrogen-bond acceptors (Lipinski definition) is 6. The second kappa shape index (κ2) is 9.99. The lowest BCUT2D eigenvalue weighted by Gasteiger charge is -2.24. The molecule has 1 unspecified atom stereocenters. The van der Waals surface area contributed by atoms with Crippen LogP contribution in [0, 0.1) is 0 Å². The number of carbonyl (C=O) groups is 2. The molecule has 34 heavy (non-hydrogen) atoms. The highest BCUT2D eigenvalue weighted by Crippen LogP contribution is 2.31. The fourth-order valence-corrected chi connectivity index (χ4v) is 4.88. The third kappa shape index (κ3) is 5.00. The summed E-state index contributed by atoms with van der Waals surface area (Å²) in [5, 5.41) is 7.35. The number of nitrogens with zero attached hydrogens (tertiary/aromatic N) is 4. The van der Waals surface area contributed by atoms with Crippen molar-refractivity contribution in [2.75, 3.05) is 18.9 Å². The molecule has 0 fully saturated rings. The first kappa shape index (κ1) is 24.0. The Bertz CT molecular complexity index is 1360. The van der Waals surface area contributed by atoms with E-state index in [0.29, 0.717) is 27.2 Å². The minimum Gasteiger partial charge on any atom is -0.343 e. The third-order valence-electron chi connectivity index (χ3n) is 5.87. The summed E-state index contributed by atoms with van der Waals surface area (Å²) in [6.07, 6.45) is 1.92. The predicted molar refractivity (Wildman–Crippen MR) is 138 cm³/mol. The van der Waals surface area contributed by atoms with E-state index in [1.54, 1.807) is 24.1 Å². The summed E-state index contributed by atoms with van der Waals surface area (Å²) in [5.74, 6) is 0.186. The fourth-order valence-electron chi connectivity index (χ4n) is 3.74. The normalized spacial score (nSPS) is 12.1. The lowest BCUT2D eigenvalue weighted by Crippen LogP contribution is -2.42. The lowest BCUT2D eigenvalue weighted by molar-refractivity contribution is -0.130.